The number of hydrogen-bond donors (Lipinski definition) is 0. The molecule has 0 amide bonds. The number of nitrogens with zero attached hydrogens (tertiary/aromatic N) is 2. The van der Waals surface area contributed by atoms with E-state index in [0.717, 1.165) is 16.7 Å². The molecule has 25 heavy (non-hydrogen) atoms. The summed E-state index contributed by atoms with van der Waals surface area (Å²) in [4.78, 5) is 7.21. The average molecular weight is 399 g/mol. The van der Waals surface area contributed by atoms with Gasteiger partial charge in [-0.05, 0) is 93.1 Å². The summed E-state index contributed by atoms with van der Waals surface area (Å²) in [6.45, 7) is 12.5. The molecule has 0 bridgehead atoms. The Kier molecular flexibility index (Phi) is 5.06. The summed E-state index contributed by atoms with van der Waals surface area (Å²) in [7, 11) is 0. The molecule has 132 valence electrons. The number of aryl methyl sites for hydroxylation is 1. The number of rotatable bonds is 3. The molecule has 0 aliphatic carbocycles. The van der Waals surface area contributed by atoms with Gasteiger partial charge in [0.05, 0.1) is 5.69 Å². The third kappa shape index (κ3) is 3.67. The lowest BCUT2D eigenvalue weighted by Crippen LogP contribution is -2.48. The van der Waals surface area contributed by atoms with Crippen LogP contribution in [0.2, 0.25) is 0 Å². The molecule has 1 aliphatic rings. The molecule has 0 aromatic heterocycles. The van der Waals surface area contributed by atoms with Crippen LogP contribution in [0, 0.1) is 6.92 Å². The van der Waals surface area contributed by atoms with Gasteiger partial charge < -0.3 is 4.90 Å². The summed E-state index contributed by atoms with van der Waals surface area (Å²) >= 11 is 3.47. The van der Waals surface area contributed by atoms with Crippen LogP contribution in [0.1, 0.15) is 56.7 Å². The summed E-state index contributed by atoms with van der Waals surface area (Å²) in [6.07, 6.45) is 3.18. The van der Waals surface area contributed by atoms with Crippen LogP contribution in [0.4, 0.5) is 11.4 Å². The zero-order valence-electron chi connectivity index (χ0n) is 15.8. The third-order valence-electron chi connectivity index (χ3n) is 5.27. The molecule has 1 heterocycles. The number of fused-ring (bicyclic) bond motifs is 1. The number of hydrogen-bond acceptors (Lipinski definition) is 2. The van der Waals surface area contributed by atoms with Crippen LogP contribution in [0.5, 0.6) is 0 Å². The lowest BCUT2D eigenvalue weighted by Gasteiger charge is -2.47. The topological polar surface area (TPSA) is 15.6 Å². The van der Waals surface area contributed by atoms with Gasteiger partial charge in [0.15, 0.2) is 0 Å². The summed E-state index contributed by atoms with van der Waals surface area (Å²) < 4.78 is 1.08. The van der Waals surface area contributed by atoms with Gasteiger partial charge in [-0.25, -0.2) is 0 Å². The molecular formula is C22H27BrN2. The van der Waals surface area contributed by atoms with Gasteiger partial charge in [-0.15, -0.1) is 0 Å². The first-order valence-electron chi connectivity index (χ1n) is 9.03. The Balaban J connectivity index is 1.99. The van der Waals surface area contributed by atoms with E-state index in [-0.39, 0.29) is 5.54 Å². The third-order valence-corrected chi connectivity index (χ3v) is 5.80. The molecular weight excluding hydrogens is 372 g/mol. The minimum absolute atomic E-state index is 0.209. The molecule has 1 aliphatic heterocycles. The molecule has 0 radical (unpaired) electrons. The van der Waals surface area contributed by atoms with Gasteiger partial charge in [0, 0.05) is 28.5 Å². The van der Waals surface area contributed by atoms with E-state index in [9.17, 15) is 0 Å². The van der Waals surface area contributed by atoms with E-state index < -0.39 is 0 Å². The van der Waals surface area contributed by atoms with Crippen LogP contribution >= 0.6 is 15.9 Å². The molecule has 0 fully saturated rings. The smallest absolute Gasteiger partial charge is 0.0630 e. The van der Waals surface area contributed by atoms with Gasteiger partial charge in [-0.3, -0.25) is 4.99 Å². The Bertz CT molecular complexity index is 790. The zero-order chi connectivity index (χ0) is 18.2. The van der Waals surface area contributed by atoms with Gasteiger partial charge in [-0.1, -0.05) is 22.9 Å². The highest BCUT2D eigenvalue weighted by atomic mass is 79.9. The molecule has 3 rings (SSSR count). The van der Waals surface area contributed by atoms with Crippen molar-refractivity contribution in [2.45, 2.75) is 52.5 Å². The van der Waals surface area contributed by atoms with Gasteiger partial charge >= 0.3 is 0 Å². The molecule has 3 heteroatoms. The Morgan fingerprint density at radius 3 is 2.56 bits per heavy atom. The molecule has 2 aromatic carbocycles. The fourth-order valence-corrected chi connectivity index (χ4v) is 4.32. The number of benzene rings is 2. The molecule has 0 spiro atoms. The van der Waals surface area contributed by atoms with Crippen molar-refractivity contribution < 1.29 is 0 Å². The Morgan fingerprint density at radius 1 is 1.24 bits per heavy atom. The molecule has 2 nitrogen and oxygen atoms in total. The van der Waals surface area contributed by atoms with E-state index in [1.54, 1.807) is 0 Å². The normalized spacial score (nSPS) is 19.3. The van der Waals surface area contributed by atoms with Gasteiger partial charge in [0.2, 0.25) is 0 Å². The minimum atomic E-state index is 0.209. The van der Waals surface area contributed by atoms with Crippen molar-refractivity contribution in [3.63, 3.8) is 0 Å². The van der Waals surface area contributed by atoms with Crippen molar-refractivity contribution >= 4 is 33.5 Å². The van der Waals surface area contributed by atoms with Crippen molar-refractivity contribution in [3.8, 4) is 0 Å². The first-order valence-corrected chi connectivity index (χ1v) is 9.83. The second-order valence-corrected chi connectivity index (χ2v) is 8.58. The predicted octanol–water partition coefficient (Wildman–Crippen LogP) is 6.62. The summed E-state index contributed by atoms with van der Waals surface area (Å²) in [5, 5.41) is 0. The van der Waals surface area contributed by atoms with Crippen LogP contribution in [0.25, 0.3) is 0 Å². The first-order chi connectivity index (χ1) is 11.8. The Labute approximate surface area is 160 Å². The van der Waals surface area contributed by atoms with Gasteiger partial charge in [0.25, 0.3) is 0 Å². The molecule has 0 saturated carbocycles. The highest BCUT2D eigenvalue weighted by Crippen LogP contribution is 2.44. The lowest BCUT2D eigenvalue weighted by molar-refractivity contribution is 0.381. The Hall–Kier alpha value is -1.61. The molecule has 0 N–H and O–H groups in total. The molecule has 1 atom stereocenters. The predicted molar refractivity (Wildman–Crippen MR) is 113 cm³/mol. The van der Waals surface area contributed by atoms with E-state index in [1.807, 2.05) is 30.5 Å². The van der Waals surface area contributed by atoms with Crippen LogP contribution in [0.15, 0.2) is 45.9 Å². The maximum Gasteiger partial charge on any atom is 0.0630 e. The minimum Gasteiger partial charge on any atom is -0.366 e. The standard InChI is InChI=1S/C22H27BrN2/c1-6-25-21-11-15(2)17(12-20(21)16(3)13-22(25,4)5)14-24-19-9-7-18(23)8-10-19/h7-12,14,16H,6,13H2,1-5H3. The number of anilines is 1. The first kappa shape index (κ1) is 18.2. The summed E-state index contributed by atoms with van der Waals surface area (Å²) in [5.41, 5.74) is 6.52. The molecule has 0 saturated heterocycles. The maximum absolute atomic E-state index is 4.66. The van der Waals surface area contributed by atoms with E-state index >= 15 is 0 Å². The van der Waals surface area contributed by atoms with Gasteiger partial charge in [-0.2, -0.15) is 0 Å². The summed E-state index contributed by atoms with van der Waals surface area (Å²) in [5.74, 6) is 0.563. The van der Waals surface area contributed by atoms with E-state index in [2.05, 4.69) is 72.6 Å². The summed E-state index contributed by atoms with van der Waals surface area (Å²) in [6, 6.07) is 12.8. The maximum atomic E-state index is 4.66. The molecule has 2 aromatic rings. The number of aliphatic imine (C=N–C) groups is 1. The van der Waals surface area contributed by atoms with Crippen molar-refractivity contribution in [2.24, 2.45) is 4.99 Å². The van der Waals surface area contributed by atoms with Crippen molar-refractivity contribution in [3.05, 3.63) is 57.6 Å². The fraction of sp³-hybridized carbons (Fsp3) is 0.409. The van der Waals surface area contributed by atoms with Crippen molar-refractivity contribution in [1.29, 1.82) is 0 Å². The van der Waals surface area contributed by atoms with Crippen LogP contribution in [0.3, 0.4) is 0 Å². The number of halogens is 1. The SMILES string of the molecule is CCN1c2cc(C)c(C=Nc3ccc(Br)cc3)cc2C(C)CC1(C)C. The Morgan fingerprint density at radius 2 is 1.92 bits per heavy atom. The fourth-order valence-electron chi connectivity index (χ4n) is 4.06. The van der Waals surface area contributed by atoms with Crippen LogP contribution in [-0.2, 0) is 0 Å². The van der Waals surface area contributed by atoms with Crippen LogP contribution in [-0.4, -0.2) is 18.3 Å². The lowest BCUT2D eigenvalue weighted by atomic mass is 9.79. The van der Waals surface area contributed by atoms with Crippen molar-refractivity contribution in [2.75, 3.05) is 11.4 Å². The second kappa shape index (κ2) is 6.95. The quantitative estimate of drug-likeness (QED) is 0.530. The highest BCUT2D eigenvalue weighted by Gasteiger charge is 2.35. The van der Waals surface area contributed by atoms with Gasteiger partial charge in [0.1, 0.15) is 0 Å². The van der Waals surface area contributed by atoms with E-state index in [4.69, 9.17) is 0 Å². The average Bonchev–Trinajstić information content (AvgIpc) is 2.54. The monoisotopic (exact) mass is 398 g/mol. The highest BCUT2D eigenvalue weighted by molar-refractivity contribution is 9.10. The van der Waals surface area contributed by atoms with E-state index in [0.29, 0.717) is 5.92 Å². The second-order valence-electron chi connectivity index (χ2n) is 7.66. The molecule has 1 unspecified atom stereocenters. The van der Waals surface area contributed by atoms with Crippen molar-refractivity contribution in [1.82, 2.24) is 0 Å². The van der Waals surface area contributed by atoms with E-state index in [1.165, 1.54) is 28.8 Å². The largest absolute Gasteiger partial charge is 0.366 e. The van der Waals surface area contributed by atoms with Crippen LogP contribution < -0.4 is 4.90 Å². The zero-order valence-corrected chi connectivity index (χ0v) is 17.4.